The topological polar surface area (TPSA) is 107 Å². The molecule has 0 fully saturated rings. The lowest BCUT2D eigenvalue weighted by atomic mass is 10.1. The number of hydrogen-bond donors (Lipinski definition) is 1. The first-order valence-corrected chi connectivity index (χ1v) is 7.29. The van der Waals surface area contributed by atoms with E-state index in [2.05, 4.69) is 24.8 Å². The van der Waals surface area contributed by atoms with Crippen LogP contribution in [0.2, 0.25) is 0 Å². The summed E-state index contributed by atoms with van der Waals surface area (Å²) in [5.41, 5.74) is 1.26. The molecule has 1 amide bonds. The summed E-state index contributed by atoms with van der Waals surface area (Å²) in [5, 5.41) is 2.62. The van der Waals surface area contributed by atoms with Gasteiger partial charge in [0.05, 0.1) is 36.6 Å². The number of ether oxygens (including phenoxy) is 2. The number of amides is 1. The van der Waals surface area contributed by atoms with E-state index in [0.29, 0.717) is 11.5 Å². The minimum Gasteiger partial charge on any atom is -0.465 e. The molecular weight excluding hydrogens is 326 g/mol. The van der Waals surface area contributed by atoms with Crippen molar-refractivity contribution in [3.8, 4) is 0 Å². The van der Waals surface area contributed by atoms with Gasteiger partial charge in [-0.25, -0.2) is 19.6 Å². The Morgan fingerprint density at radius 3 is 2.00 bits per heavy atom. The van der Waals surface area contributed by atoms with Crippen LogP contribution in [0.15, 0.2) is 24.4 Å². The lowest BCUT2D eigenvalue weighted by Crippen LogP contribution is -2.16. The number of esters is 2. The van der Waals surface area contributed by atoms with Gasteiger partial charge in [0.15, 0.2) is 0 Å². The number of hydrogen-bond acceptors (Lipinski definition) is 7. The van der Waals surface area contributed by atoms with Gasteiger partial charge in [-0.2, -0.15) is 0 Å². The van der Waals surface area contributed by atoms with Crippen LogP contribution in [0.1, 0.15) is 42.6 Å². The number of benzene rings is 1. The maximum absolute atomic E-state index is 12.4. The highest BCUT2D eigenvalue weighted by Gasteiger charge is 2.16. The molecule has 1 aromatic heterocycles. The van der Waals surface area contributed by atoms with Gasteiger partial charge in [0.25, 0.3) is 5.91 Å². The number of aryl methyl sites for hydroxylation is 2. The Labute approximate surface area is 144 Å². The molecule has 25 heavy (non-hydrogen) atoms. The molecule has 0 saturated heterocycles. The number of carbonyl (C=O) groups excluding carboxylic acids is 3. The molecule has 0 saturated carbocycles. The Morgan fingerprint density at radius 1 is 0.960 bits per heavy atom. The average molecular weight is 343 g/mol. The normalized spacial score (nSPS) is 10.1. The molecule has 8 nitrogen and oxygen atoms in total. The summed E-state index contributed by atoms with van der Waals surface area (Å²) in [6, 6.07) is 4.13. The first-order chi connectivity index (χ1) is 11.8. The van der Waals surface area contributed by atoms with Gasteiger partial charge >= 0.3 is 11.9 Å². The minimum absolute atomic E-state index is 0.109. The van der Waals surface area contributed by atoms with Crippen molar-refractivity contribution in [2.24, 2.45) is 0 Å². The highest BCUT2D eigenvalue weighted by Crippen LogP contribution is 2.18. The lowest BCUT2D eigenvalue weighted by molar-refractivity contribution is 0.0599. The van der Waals surface area contributed by atoms with Crippen LogP contribution in [0.5, 0.6) is 0 Å². The number of rotatable bonds is 4. The minimum atomic E-state index is -0.642. The third kappa shape index (κ3) is 4.17. The summed E-state index contributed by atoms with van der Waals surface area (Å²) in [7, 11) is 2.44. The highest BCUT2D eigenvalue weighted by molar-refractivity contribution is 6.06. The number of methoxy groups -OCH3 is 2. The van der Waals surface area contributed by atoms with Crippen molar-refractivity contribution in [3.63, 3.8) is 0 Å². The van der Waals surface area contributed by atoms with Gasteiger partial charge in [-0.3, -0.25) is 4.79 Å². The third-order valence-electron chi connectivity index (χ3n) is 3.38. The first kappa shape index (κ1) is 18.1. The molecule has 0 aliphatic heterocycles. The van der Waals surface area contributed by atoms with E-state index in [1.807, 2.05) is 0 Å². The van der Waals surface area contributed by atoms with E-state index in [-0.39, 0.29) is 22.4 Å². The van der Waals surface area contributed by atoms with Gasteiger partial charge < -0.3 is 14.8 Å². The second-order valence-electron chi connectivity index (χ2n) is 5.15. The van der Waals surface area contributed by atoms with E-state index in [0.717, 1.165) is 0 Å². The van der Waals surface area contributed by atoms with Gasteiger partial charge in [-0.05, 0) is 32.0 Å². The van der Waals surface area contributed by atoms with Crippen LogP contribution in [0.4, 0.5) is 5.69 Å². The molecule has 2 aromatic rings. The van der Waals surface area contributed by atoms with Crippen LogP contribution in [0, 0.1) is 13.8 Å². The van der Waals surface area contributed by atoms with Crippen molar-refractivity contribution in [2.45, 2.75) is 13.8 Å². The zero-order valence-corrected chi connectivity index (χ0v) is 14.2. The Bertz CT molecular complexity index is 814. The fourth-order valence-electron chi connectivity index (χ4n) is 2.18. The maximum atomic E-state index is 12.4. The molecule has 0 radical (unpaired) electrons. The van der Waals surface area contributed by atoms with Crippen LogP contribution in [0.25, 0.3) is 0 Å². The van der Waals surface area contributed by atoms with Crippen molar-refractivity contribution in [1.82, 2.24) is 9.97 Å². The molecular formula is C17H17N3O5. The van der Waals surface area contributed by atoms with E-state index < -0.39 is 17.8 Å². The van der Waals surface area contributed by atoms with Crippen LogP contribution >= 0.6 is 0 Å². The Balaban J connectivity index is 2.38. The summed E-state index contributed by atoms with van der Waals surface area (Å²) in [6.45, 7) is 3.41. The Hall–Kier alpha value is -3.29. The second-order valence-corrected chi connectivity index (χ2v) is 5.15. The number of carbonyl (C=O) groups is 3. The van der Waals surface area contributed by atoms with Gasteiger partial charge in [-0.1, -0.05) is 0 Å². The smallest absolute Gasteiger partial charge is 0.337 e. The molecule has 1 N–H and O–H groups in total. The summed E-state index contributed by atoms with van der Waals surface area (Å²) in [4.78, 5) is 44.1. The summed E-state index contributed by atoms with van der Waals surface area (Å²) in [5.74, 6) is -1.20. The fraction of sp³-hybridized carbons (Fsp3) is 0.235. The fourth-order valence-corrected chi connectivity index (χ4v) is 2.18. The zero-order chi connectivity index (χ0) is 18.6. The molecule has 2 rings (SSSR count). The predicted molar refractivity (Wildman–Crippen MR) is 88.6 cm³/mol. The van der Waals surface area contributed by atoms with Crippen molar-refractivity contribution in [1.29, 1.82) is 0 Å². The van der Waals surface area contributed by atoms with E-state index in [9.17, 15) is 14.4 Å². The van der Waals surface area contributed by atoms with Crippen molar-refractivity contribution in [2.75, 3.05) is 19.5 Å². The number of nitrogens with one attached hydrogen (secondary N) is 1. The van der Waals surface area contributed by atoms with Gasteiger partial charge in [-0.15, -0.1) is 0 Å². The zero-order valence-electron chi connectivity index (χ0n) is 14.2. The summed E-state index contributed by atoms with van der Waals surface area (Å²) < 4.78 is 9.32. The first-order valence-electron chi connectivity index (χ1n) is 7.29. The molecule has 0 spiro atoms. The molecule has 0 aliphatic carbocycles. The molecule has 1 heterocycles. The van der Waals surface area contributed by atoms with Gasteiger partial charge in [0.2, 0.25) is 0 Å². The third-order valence-corrected chi connectivity index (χ3v) is 3.38. The largest absolute Gasteiger partial charge is 0.465 e. The molecule has 0 aliphatic rings. The molecule has 0 unspecified atom stereocenters. The van der Waals surface area contributed by atoms with Crippen LogP contribution < -0.4 is 5.32 Å². The van der Waals surface area contributed by atoms with Crippen molar-refractivity contribution in [3.05, 3.63) is 52.6 Å². The van der Waals surface area contributed by atoms with Crippen molar-refractivity contribution < 1.29 is 23.9 Å². The van der Waals surface area contributed by atoms with E-state index in [1.165, 1.54) is 38.6 Å². The van der Waals surface area contributed by atoms with E-state index in [4.69, 9.17) is 0 Å². The van der Waals surface area contributed by atoms with Crippen LogP contribution in [-0.2, 0) is 9.47 Å². The number of aromatic nitrogens is 2. The Kier molecular flexibility index (Phi) is 5.43. The van der Waals surface area contributed by atoms with Crippen LogP contribution in [-0.4, -0.2) is 42.0 Å². The standard InChI is InChI=1S/C17H17N3O5/c1-9-14(8-18-10(2)19-9)15(21)20-13-6-11(16(22)24-3)5-12(7-13)17(23)25-4/h5-8H,1-4H3,(H,20,21). The van der Waals surface area contributed by atoms with E-state index in [1.54, 1.807) is 13.8 Å². The predicted octanol–water partition coefficient (Wildman–Crippen LogP) is 1.92. The molecule has 0 atom stereocenters. The van der Waals surface area contributed by atoms with E-state index >= 15 is 0 Å². The van der Waals surface area contributed by atoms with Gasteiger partial charge in [0, 0.05) is 11.9 Å². The second kappa shape index (κ2) is 7.52. The molecule has 8 heteroatoms. The van der Waals surface area contributed by atoms with Gasteiger partial charge in [0.1, 0.15) is 5.82 Å². The highest BCUT2D eigenvalue weighted by atomic mass is 16.5. The quantitative estimate of drug-likeness (QED) is 0.845. The lowest BCUT2D eigenvalue weighted by Gasteiger charge is -2.10. The molecule has 0 bridgehead atoms. The summed E-state index contributed by atoms with van der Waals surface area (Å²) in [6.07, 6.45) is 1.42. The van der Waals surface area contributed by atoms with Crippen LogP contribution in [0.3, 0.4) is 0 Å². The number of anilines is 1. The van der Waals surface area contributed by atoms with Crippen molar-refractivity contribution >= 4 is 23.5 Å². The Morgan fingerprint density at radius 2 is 1.52 bits per heavy atom. The SMILES string of the molecule is COC(=O)c1cc(NC(=O)c2cnc(C)nc2C)cc(C(=O)OC)c1. The monoisotopic (exact) mass is 343 g/mol. The molecule has 1 aromatic carbocycles. The molecule has 130 valence electrons. The summed E-state index contributed by atoms with van der Waals surface area (Å²) >= 11 is 0. The number of nitrogens with zero attached hydrogens (tertiary/aromatic N) is 2. The average Bonchev–Trinajstić information content (AvgIpc) is 2.59. The maximum Gasteiger partial charge on any atom is 0.337 e.